The first-order chi connectivity index (χ1) is 14.9. The van der Waals surface area contributed by atoms with E-state index in [2.05, 4.69) is 53.6 Å². The van der Waals surface area contributed by atoms with E-state index in [1.807, 2.05) is 48.4 Å². The van der Waals surface area contributed by atoms with Gasteiger partial charge in [0.05, 0.1) is 6.20 Å². The minimum absolute atomic E-state index is 0.0782. The van der Waals surface area contributed by atoms with Crippen LogP contribution in [0, 0.1) is 12.8 Å². The highest BCUT2D eigenvalue weighted by Gasteiger charge is 2.15. The molecule has 1 aromatic carbocycles. The Morgan fingerprint density at radius 3 is 2.74 bits per heavy atom. The van der Waals surface area contributed by atoms with Crippen molar-refractivity contribution in [2.75, 3.05) is 13.6 Å². The van der Waals surface area contributed by atoms with Crippen LogP contribution in [0.25, 0.3) is 22.0 Å². The molecule has 3 aromatic heterocycles. The standard InChI is InChI=1S/C25H29N5O/c1-18(2)16-29-17-22(15-27-29)20-9-10-26-23(14-20)25(31)28(4)11-12-30-19(3)13-21-7-5-6-8-24(21)30/h5-10,13-15,17-18H,11-12,16H2,1-4H3. The van der Waals surface area contributed by atoms with Crippen molar-refractivity contribution in [1.29, 1.82) is 0 Å². The first kappa shape index (κ1) is 20.8. The van der Waals surface area contributed by atoms with Crippen molar-refractivity contribution in [2.45, 2.75) is 33.9 Å². The Kier molecular flexibility index (Phi) is 5.89. The number of benzene rings is 1. The van der Waals surface area contributed by atoms with Crippen LogP contribution in [0.3, 0.4) is 0 Å². The predicted molar refractivity (Wildman–Crippen MR) is 124 cm³/mol. The molecular weight excluding hydrogens is 386 g/mol. The van der Waals surface area contributed by atoms with Gasteiger partial charge in [0.1, 0.15) is 5.69 Å². The molecule has 0 aliphatic carbocycles. The predicted octanol–water partition coefficient (Wildman–Crippen LogP) is 4.64. The number of carbonyl (C=O) groups is 1. The molecule has 4 aromatic rings. The third-order valence-corrected chi connectivity index (χ3v) is 5.52. The smallest absolute Gasteiger partial charge is 0.272 e. The summed E-state index contributed by atoms with van der Waals surface area (Å²) in [7, 11) is 1.83. The molecule has 0 aliphatic heterocycles. The number of hydrogen-bond donors (Lipinski definition) is 0. The van der Waals surface area contributed by atoms with Crippen molar-refractivity contribution in [1.82, 2.24) is 24.2 Å². The highest BCUT2D eigenvalue weighted by molar-refractivity contribution is 5.93. The maximum absolute atomic E-state index is 13.0. The number of fused-ring (bicyclic) bond motifs is 1. The van der Waals surface area contributed by atoms with E-state index in [4.69, 9.17) is 0 Å². The van der Waals surface area contributed by atoms with Gasteiger partial charge >= 0.3 is 0 Å². The van der Waals surface area contributed by atoms with Crippen molar-refractivity contribution < 1.29 is 4.79 Å². The largest absolute Gasteiger partial charge is 0.343 e. The number of rotatable bonds is 7. The van der Waals surface area contributed by atoms with Gasteiger partial charge in [-0.2, -0.15) is 5.10 Å². The second-order valence-corrected chi connectivity index (χ2v) is 8.50. The lowest BCUT2D eigenvalue weighted by molar-refractivity contribution is 0.0785. The Labute approximate surface area is 183 Å². The van der Waals surface area contributed by atoms with Crippen LogP contribution in [0.2, 0.25) is 0 Å². The van der Waals surface area contributed by atoms with Gasteiger partial charge in [-0.15, -0.1) is 0 Å². The highest BCUT2D eigenvalue weighted by Crippen LogP contribution is 2.21. The molecule has 3 heterocycles. The van der Waals surface area contributed by atoms with Gasteiger partial charge in [0.2, 0.25) is 0 Å². The molecule has 0 saturated carbocycles. The summed E-state index contributed by atoms with van der Waals surface area (Å²) >= 11 is 0. The van der Waals surface area contributed by atoms with E-state index in [0.29, 0.717) is 18.2 Å². The van der Waals surface area contributed by atoms with E-state index in [1.165, 1.54) is 16.6 Å². The summed E-state index contributed by atoms with van der Waals surface area (Å²) in [5.74, 6) is 0.447. The van der Waals surface area contributed by atoms with Crippen LogP contribution < -0.4 is 0 Å². The van der Waals surface area contributed by atoms with Crippen LogP contribution in [0.15, 0.2) is 61.1 Å². The van der Waals surface area contributed by atoms with Crippen molar-refractivity contribution in [3.8, 4) is 11.1 Å². The third-order valence-electron chi connectivity index (χ3n) is 5.52. The molecule has 0 saturated heterocycles. The van der Waals surface area contributed by atoms with Crippen LogP contribution in [0.4, 0.5) is 0 Å². The quantitative estimate of drug-likeness (QED) is 0.442. The Morgan fingerprint density at radius 1 is 1.13 bits per heavy atom. The Morgan fingerprint density at radius 2 is 1.94 bits per heavy atom. The van der Waals surface area contributed by atoms with Gasteiger partial charge < -0.3 is 9.47 Å². The van der Waals surface area contributed by atoms with Crippen LogP contribution in [-0.4, -0.2) is 43.7 Å². The maximum Gasteiger partial charge on any atom is 0.272 e. The maximum atomic E-state index is 13.0. The van der Waals surface area contributed by atoms with E-state index >= 15 is 0 Å². The third kappa shape index (κ3) is 4.53. The summed E-state index contributed by atoms with van der Waals surface area (Å²) in [4.78, 5) is 19.1. The highest BCUT2D eigenvalue weighted by atomic mass is 16.2. The summed E-state index contributed by atoms with van der Waals surface area (Å²) in [6.07, 6.45) is 5.56. The van der Waals surface area contributed by atoms with Gasteiger partial charge in [-0.1, -0.05) is 32.0 Å². The SMILES string of the molecule is Cc1cc2ccccc2n1CCN(C)C(=O)c1cc(-c2cnn(CC(C)C)c2)ccn1. The summed E-state index contributed by atoms with van der Waals surface area (Å²) in [6, 6.07) is 14.3. The molecule has 0 fully saturated rings. The van der Waals surface area contributed by atoms with Crippen LogP contribution in [0.5, 0.6) is 0 Å². The van der Waals surface area contributed by atoms with Gasteiger partial charge in [0.15, 0.2) is 0 Å². The fraction of sp³-hybridized carbons (Fsp3) is 0.320. The lowest BCUT2D eigenvalue weighted by Crippen LogP contribution is -2.30. The number of amides is 1. The number of hydrogen-bond acceptors (Lipinski definition) is 3. The number of pyridine rings is 1. The first-order valence-corrected chi connectivity index (χ1v) is 10.7. The van der Waals surface area contributed by atoms with Crippen LogP contribution in [-0.2, 0) is 13.1 Å². The zero-order valence-electron chi connectivity index (χ0n) is 18.6. The van der Waals surface area contributed by atoms with Crippen molar-refractivity contribution >= 4 is 16.8 Å². The van der Waals surface area contributed by atoms with Crippen LogP contribution in [0.1, 0.15) is 30.0 Å². The molecule has 4 rings (SSSR count). The molecule has 160 valence electrons. The Hall–Kier alpha value is -3.41. The lowest BCUT2D eigenvalue weighted by Gasteiger charge is -2.18. The first-order valence-electron chi connectivity index (χ1n) is 10.7. The lowest BCUT2D eigenvalue weighted by atomic mass is 10.1. The number of carbonyl (C=O) groups excluding carboxylic acids is 1. The number of aromatic nitrogens is 4. The molecule has 0 aliphatic rings. The molecule has 6 nitrogen and oxygen atoms in total. The Bertz CT molecular complexity index is 1200. The molecule has 0 spiro atoms. The number of aryl methyl sites for hydroxylation is 1. The second kappa shape index (κ2) is 8.76. The fourth-order valence-electron chi connectivity index (χ4n) is 3.91. The van der Waals surface area contributed by atoms with E-state index in [9.17, 15) is 4.79 Å². The van der Waals surface area contributed by atoms with Gasteiger partial charge in [-0.25, -0.2) is 0 Å². The monoisotopic (exact) mass is 415 g/mol. The fourth-order valence-corrected chi connectivity index (χ4v) is 3.91. The zero-order valence-corrected chi connectivity index (χ0v) is 18.6. The number of para-hydroxylation sites is 1. The van der Waals surface area contributed by atoms with E-state index in [1.54, 1.807) is 11.1 Å². The molecule has 0 atom stereocenters. The van der Waals surface area contributed by atoms with Crippen molar-refractivity contribution in [3.05, 3.63) is 72.4 Å². The summed E-state index contributed by atoms with van der Waals surface area (Å²) in [5.41, 5.74) is 4.79. The van der Waals surface area contributed by atoms with E-state index in [0.717, 1.165) is 24.2 Å². The van der Waals surface area contributed by atoms with E-state index < -0.39 is 0 Å². The minimum Gasteiger partial charge on any atom is -0.343 e. The summed E-state index contributed by atoms with van der Waals surface area (Å²) in [5, 5.41) is 5.65. The molecule has 31 heavy (non-hydrogen) atoms. The number of nitrogens with zero attached hydrogens (tertiary/aromatic N) is 5. The Balaban J connectivity index is 1.47. The molecule has 0 bridgehead atoms. The molecule has 6 heteroatoms. The molecule has 1 amide bonds. The summed E-state index contributed by atoms with van der Waals surface area (Å²) in [6.45, 7) is 8.65. The second-order valence-electron chi connectivity index (χ2n) is 8.50. The minimum atomic E-state index is -0.0782. The van der Waals surface area contributed by atoms with Gasteiger partial charge in [-0.3, -0.25) is 14.5 Å². The van der Waals surface area contributed by atoms with Gasteiger partial charge in [0.25, 0.3) is 5.91 Å². The molecule has 0 unspecified atom stereocenters. The average molecular weight is 416 g/mol. The number of likely N-dealkylation sites (N-methyl/N-ethyl adjacent to an activating group) is 1. The van der Waals surface area contributed by atoms with Gasteiger partial charge in [0, 0.05) is 55.8 Å². The van der Waals surface area contributed by atoms with Crippen LogP contribution >= 0.6 is 0 Å². The normalized spacial score (nSPS) is 11.4. The van der Waals surface area contributed by atoms with Crippen molar-refractivity contribution in [2.24, 2.45) is 5.92 Å². The topological polar surface area (TPSA) is 56.0 Å². The zero-order chi connectivity index (χ0) is 22.0. The average Bonchev–Trinajstić information content (AvgIpc) is 3.34. The van der Waals surface area contributed by atoms with Crippen molar-refractivity contribution in [3.63, 3.8) is 0 Å². The molecule has 0 radical (unpaired) electrons. The molecule has 0 N–H and O–H groups in total. The van der Waals surface area contributed by atoms with E-state index in [-0.39, 0.29) is 5.91 Å². The molecular formula is C25H29N5O. The van der Waals surface area contributed by atoms with Gasteiger partial charge in [-0.05, 0) is 48.1 Å². The summed E-state index contributed by atoms with van der Waals surface area (Å²) < 4.78 is 4.20.